The van der Waals surface area contributed by atoms with E-state index < -0.39 is 0 Å². The number of pyridine rings is 1. The Morgan fingerprint density at radius 3 is 2.95 bits per heavy atom. The van der Waals surface area contributed by atoms with Gasteiger partial charge in [0.25, 0.3) is 0 Å². The van der Waals surface area contributed by atoms with Crippen LogP contribution in [-0.4, -0.2) is 46.5 Å². The molecule has 4 rings (SSSR count). The van der Waals surface area contributed by atoms with Gasteiger partial charge in [0.05, 0.1) is 19.4 Å². The van der Waals surface area contributed by atoms with Gasteiger partial charge >= 0.3 is 0 Å². The number of nitrogens with one attached hydrogen (secondary N) is 1. The lowest BCUT2D eigenvalue weighted by atomic mass is 10.1. The maximum absolute atomic E-state index is 5.41. The molecule has 1 saturated heterocycles. The summed E-state index contributed by atoms with van der Waals surface area (Å²) in [5.41, 5.74) is 0.779. The number of hydrogen-bond acceptors (Lipinski definition) is 5. The number of rotatable bonds is 1. The van der Waals surface area contributed by atoms with Crippen molar-refractivity contribution in [3.8, 4) is 0 Å². The molecule has 1 aliphatic rings. The van der Waals surface area contributed by atoms with Crippen molar-refractivity contribution in [2.24, 2.45) is 0 Å². The molecule has 3 aromatic rings. The SMILES string of the molecule is c1cc2c(n1)ncc1cn[nH]c(N3CCOCC3)c12. The number of nitrogens with zero attached hydrogens (tertiary/aromatic N) is 4. The number of hydrogen-bond donors (Lipinski definition) is 1. The van der Waals surface area contributed by atoms with E-state index in [9.17, 15) is 0 Å². The fraction of sp³-hybridized carbons (Fsp3) is 0.308. The Kier molecular flexibility index (Phi) is 2.34. The van der Waals surface area contributed by atoms with Crippen molar-refractivity contribution in [3.05, 3.63) is 24.7 Å². The Labute approximate surface area is 109 Å². The first-order chi connectivity index (χ1) is 9.43. The molecule has 1 aliphatic heterocycles. The maximum Gasteiger partial charge on any atom is 0.159 e. The Balaban J connectivity index is 2.00. The highest BCUT2D eigenvalue weighted by Crippen LogP contribution is 2.29. The van der Waals surface area contributed by atoms with Crippen LogP contribution < -0.4 is 4.90 Å². The molecular formula is C13H13N5O. The highest BCUT2D eigenvalue weighted by Gasteiger charge is 2.17. The summed E-state index contributed by atoms with van der Waals surface area (Å²) in [5, 5.41) is 10.6. The van der Waals surface area contributed by atoms with E-state index in [1.807, 2.05) is 12.3 Å². The lowest BCUT2D eigenvalue weighted by molar-refractivity contribution is 0.122. The zero-order chi connectivity index (χ0) is 12.7. The third-order valence-corrected chi connectivity index (χ3v) is 3.50. The van der Waals surface area contributed by atoms with E-state index in [4.69, 9.17) is 4.74 Å². The van der Waals surface area contributed by atoms with Crippen molar-refractivity contribution in [2.45, 2.75) is 0 Å². The molecule has 0 saturated carbocycles. The normalized spacial score (nSPS) is 16.3. The number of H-pyrrole nitrogens is 1. The molecule has 0 aromatic carbocycles. The third-order valence-electron chi connectivity index (χ3n) is 3.50. The first-order valence-electron chi connectivity index (χ1n) is 6.33. The summed E-state index contributed by atoms with van der Waals surface area (Å²) in [5.74, 6) is 1.03. The summed E-state index contributed by atoms with van der Waals surface area (Å²) in [6.07, 6.45) is 5.43. The summed E-state index contributed by atoms with van der Waals surface area (Å²) in [7, 11) is 0. The molecule has 0 spiro atoms. The predicted octanol–water partition coefficient (Wildman–Crippen LogP) is 1.34. The van der Waals surface area contributed by atoms with E-state index >= 15 is 0 Å². The molecule has 6 heteroatoms. The summed E-state index contributed by atoms with van der Waals surface area (Å²) in [4.78, 5) is 10.9. The quantitative estimate of drug-likeness (QED) is 0.710. The molecule has 0 bridgehead atoms. The predicted molar refractivity (Wildman–Crippen MR) is 72.2 cm³/mol. The molecule has 1 fully saturated rings. The number of morpholine rings is 1. The van der Waals surface area contributed by atoms with E-state index in [1.165, 1.54) is 0 Å². The summed E-state index contributed by atoms with van der Waals surface area (Å²) in [6.45, 7) is 3.24. The topological polar surface area (TPSA) is 66.9 Å². The Morgan fingerprint density at radius 2 is 2.05 bits per heavy atom. The number of aromatic nitrogens is 4. The first-order valence-corrected chi connectivity index (χ1v) is 6.33. The van der Waals surface area contributed by atoms with Crippen molar-refractivity contribution < 1.29 is 4.74 Å². The molecule has 0 unspecified atom stereocenters. The lowest BCUT2D eigenvalue weighted by Crippen LogP contribution is -2.37. The van der Waals surface area contributed by atoms with Gasteiger partial charge in [-0.2, -0.15) is 5.10 Å². The average molecular weight is 255 g/mol. The summed E-state index contributed by atoms with van der Waals surface area (Å²) >= 11 is 0. The van der Waals surface area contributed by atoms with Crippen LogP contribution in [0.15, 0.2) is 24.7 Å². The van der Waals surface area contributed by atoms with Gasteiger partial charge in [-0.3, -0.25) is 5.10 Å². The standard InChI is InChI=1S/C13H13N5O/c1-2-14-12-10(1)11-9(7-15-12)8-16-17-13(11)18-3-5-19-6-4-18/h1-2,7-8,17H,3-6H2. The molecule has 3 aromatic heterocycles. The van der Waals surface area contributed by atoms with Gasteiger partial charge in [0.15, 0.2) is 5.65 Å². The van der Waals surface area contributed by atoms with Crippen LogP contribution in [0.5, 0.6) is 0 Å². The van der Waals surface area contributed by atoms with Crippen molar-refractivity contribution in [2.75, 3.05) is 31.2 Å². The molecule has 0 radical (unpaired) electrons. The zero-order valence-corrected chi connectivity index (χ0v) is 10.3. The number of fused-ring (bicyclic) bond motifs is 3. The molecule has 19 heavy (non-hydrogen) atoms. The van der Waals surface area contributed by atoms with Gasteiger partial charge in [-0.25, -0.2) is 9.97 Å². The number of anilines is 1. The summed E-state index contributed by atoms with van der Waals surface area (Å²) < 4.78 is 5.41. The smallest absolute Gasteiger partial charge is 0.159 e. The highest BCUT2D eigenvalue weighted by molar-refractivity contribution is 6.09. The van der Waals surface area contributed by atoms with Crippen molar-refractivity contribution in [1.82, 2.24) is 20.2 Å². The van der Waals surface area contributed by atoms with Crippen LogP contribution in [0.1, 0.15) is 0 Å². The van der Waals surface area contributed by atoms with Crippen LogP contribution in [0.2, 0.25) is 0 Å². The van der Waals surface area contributed by atoms with Crippen molar-refractivity contribution in [3.63, 3.8) is 0 Å². The monoisotopic (exact) mass is 255 g/mol. The largest absolute Gasteiger partial charge is 0.378 e. The van der Waals surface area contributed by atoms with Crippen LogP contribution in [0.4, 0.5) is 5.82 Å². The minimum Gasteiger partial charge on any atom is -0.378 e. The van der Waals surface area contributed by atoms with Gasteiger partial charge in [0, 0.05) is 41.6 Å². The lowest BCUT2D eigenvalue weighted by Gasteiger charge is -2.29. The van der Waals surface area contributed by atoms with Gasteiger partial charge in [-0.05, 0) is 6.07 Å². The van der Waals surface area contributed by atoms with Crippen LogP contribution in [-0.2, 0) is 4.74 Å². The van der Waals surface area contributed by atoms with E-state index in [0.29, 0.717) is 0 Å². The van der Waals surface area contributed by atoms with Gasteiger partial charge < -0.3 is 9.64 Å². The molecule has 0 amide bonds. The van der Waals surface area contributed by atoms with E-state index in [-0.39, 0.29) is 0 Å². The van der Waals surface area contributed by atoms with E-state index in [1.54, 1.807) is 12.4 Å². The second kappa shape index (κ2) is 4.17. The zero-order valence-electron chi connectivity index (χ0n) is 10.3. The summed E-state index contributed by atoms with van der Waals surface area (Å²) in [6, 6.07) is 2.00. The van der Waals surface area contributed by atoms with Crippen molar-refractivity contribution in [1.29, 1.82) is 0 Å². The van der Waals surface area contributed by atoms with Crippen LogP contribution in [0.25, 0.3) is 21.8 Å². The Hall–Kier alpha value is -2.21. The fourth-order valence-corrected chi connectivity index (χ4v) is 2.57. The molecular weight excluding hydrogens is 242 g/mol. The average Bonchev–Trinajstić information content (AvgIpc) is 2.96. The van der Waals surface area contributed by atoms with E-state index in [2.05, 4.69) is 25.1 Å². The Morgan fingerprint density at radius 1 is 1.16 bits per heavy atom. The number of aromatic amines is 1. The fourth-order valence-electron chi connectivity index (χ4n) is 2.57. The van der Waals surface area contributed by atoms with Gasteiger partial charge in [0.2, 0.25) is 0 Å². The minimum atomic E-state index is 0.748. The van der Waals surface area contributed by atoms with E-state index in [0.717, 1.165) is 53.9 Å². The first kappa shape index (κ1) is 10.7. The molecule has 1 N–H and O–H groups in total. The molecule has 0 atom stereocenters. The second-order valence-electron chi connectivity index (χ2n) is 4.59. The molecule has 0 aliphatic carbocycles. The Bertz CT molecular complexity index is 732. The van der Waals surface area contributed by atoms with Gasteiger partial charge in [0.1, 0.15) is 5.82 Å². The molecule has 4 heterocycles. The molecule has 96 valence electrons. The van der Waals surface area contributed by atoms with Crippen molar-refractivity contribution >= 4 is 27.6 Å². The van der Waals surface area contributed by atoms with Gasteiger partial charge in [-0.1, -0.05) is 0 Å². The second-order valence-corrected chi connectivity index (χ2v) is 4.59. The maximum atomic E-state index is 5.41. The number of ether oxygens (including phenoxy) is 1. The van der Waals surface area contributed by atoms with Crippen LogP contribution >= 0.6 is 0 Å². The van der Waals surface area contributed by atoms with Crippen LogP contribution in [0, 0.1) is 0 Å². The minimum absolute atomic E-state index is 0.748. The highest BCUT2D eigenvalue weighted by atomic mass is 16.5. The van der Waals surface area contributed by atoms with Gasteiger partial charge in [-0.15, -0.1) is 0 Å². The molecule has 6 nitrogen and oxygen atoms in total. The van der Waals surface area contributed by atoms with Crippen LogP contribution in [0.3, 0.4) is 0 Å². The third kappa shape index (κ3) is 1.64.